The molecule has 0 amide bonds. The van der Waals surface area contributed by atoms with Crippen LogP contribution >= 0.6 is 0 Å². The van der Waals surface area contributed by atoms with Crippen molar-refractivity contribution in [2.24, 2.45) is 0 Å². The molecule has 3 rings (SSSR count). The van der Waals surface area contributed by atoms with E-state index in [0.717, 1.165) is 31.2 Å². The van der Waals surface area contributed by atoms with E-state index in [4.69, 9.17) is 4.18 Å². The second-order valence-electron chi connectivity index (χ2n) is 6.38. The molecule has 4 nitrogen and oxygen atoms in total. The zero-order valence-corrected chi connectivity index (χ0v) is 14.9. The van der Waals surface area contributed by atoms with E-state index in [9.17, 15) is 12.8 Å². The van der Waals surface area contributed by atoms with Gasteiger partial charge in [-0.05, 0) is 36.6 Å². The van der Waals surface area contributed by atoms with Crippen LogP contribution in [-0.4, -0.2) is 33.4 Å². The van der Waals surface area contributed by atoms with Gasteiger partial charge in [0.1, 0.15) is 11.9 Å². The highest BCUT2D eigenvalue weighted by molar-refractivity contribution is 7.86. The lowest BCUT2D eigenvalue weighted by atomic mass is 9.83. The van der Waals surface area contributed by atoms with Crippen LogP contribution in [0, 0.1) is 5.82 Å². The molecule has 1 fully saturated rings. The van der Waals surface area contributed by atoms with Gasteiger partial charge in [0, 0.05) is 12.0 Å². The number of halogens is 1. The maximum atomic E-state index is 14.6. The number of hydrogen-bond acceptors (Lipinski definition) is 4. The van der Waals surface area contributed by atoms with Crippen LogP contribution in [0.1, 0.15) is 29.9 Å². The number of nitrogens with one attached hydrogen (secondary N) is 1. The summed E-state index contributed by atoms with van der Waals surface area (Å²) in [6.45, 7) is 0.799. The molecule has 2 aromatic carbocycles. The first kappa shape index (κ1) is 18.0. The van der Waals surface area contributed by atoms with Crippen molar-refractivity contribution in [2.45, 2.75) is 30.9 Å². The fraction of sp³-hybridized carbons (Fsp3) is 0.368. The predicted octanol–water partition coefficient (Wildman–Crippen LogP) is 3.05. The summed E-state index contributed by atoms with van der Waals surface area (Å²) in [5.74, 6) is -0.885. The van der Waals surface area contributed by atoms with E-state index in [-0.39, 0.29) is 11.9 Å². The van der Waals surface area contributed by atoms with Crippen LogP contribution in [0.5, 0.6) is 0 Å². The first-order valence-corrected chi connectivity index (χ1v) is 10.2. The molecule has 2 aromatic rings. The summed E-state index contributed by atoms with van der Waals surface area (Å²) < 4.78 is 43.9. The molecular formula is C19H22FNO3S. The van der Waals surface area contributed by atoms with Gasteiger partial charge in [0.05, 0.1) is 6.26 Å². The van der Waals surface area contributed by atoms with Gasteiger partial charge in [-0.15, -0.1) is 0 Å². The van der Waals surface area contributed by atoms with E-state index >= 15 is 0 Å². The molecule has 1 heterocycles. The highest BCUT2D eigenvalue weighted by Crippen LogP contribution is 2.35. The molecule has 0 unspecified atom stereocenters. The summed E-state index contributed by atoms with van der Waals surface area (Å²) in [5.41, 5.74) is 1.27. The van der Waals surface area contributed by atoms with E-state index in [0.29, 0.717) is 5.56 Å². The van der Waals surface area contributed by atoms with E-state index in [2.05, 4.69) is 5.32 Å². The van der Waals surface area contributed by atoms with Crippen LogP contribution in [0.15, 0.2) is 54.6 Å². The summed E-state index contributed by atoms with van der Waals surface area (Å²) in [4.78, 5) is 0. The molecule has 6 heteroatoms. The lowest BCUT2D eigenvalue weighted by Gasteiger charge is -2.32. The van der Waals surface area contributed by atoms with E-state index in [1.165, 1.54) is 6.07 Å². The van der Waals surface area contributed by atoms with Crippen molar-refractivity contribution in [1.82, 2.24) is 5.32 Å². The quantitative estimate of drug-likeness (QED) is 0.802. The van der Waals surface area contributed by atoms with Gasteiger partial charge in [-0.3, -0.25) is 4.18 Å². The van der Waals surface area contributed by atoms with Gasteiger partial charge in [0.15, 0.2) is 0 Å². The summed E-state index contributed by atoms with van der Waals surface area (Å²) in [6.07, 6.45) is 2.06. The Morgan fingerprint density at radius 2 is 1.80 bits per heavy atom. The monoisotopic (exact) mass is 363 g/mol. The molecule has 0 spiro atoms. The van der Waals surface area contributed by atoms with Gasteiger partial charge < -0.3 is 5.32 Å². The molecule has 0 aromatic heterocycles. The van der Waals surface area contributed by atoms with Gasteiger partial charge in [0.2, 0.25) is 0 Å². The Kier molecular flexibility index (Phi) is 5.51. The molecular weight excluding hydrogens is 341 g/mol. The summed E-state index contributed by atoms with van der Waals surface area (Å²) in [5, 5.41) is 3.31. The first-order valence-electron chi connectivity index (χ1n) is 8.37. The highest BCUT2D eigenvalue weighted by atomic mass is 32.2. The van der Waals surface area contributed by atoms with Crippen LogP contribution in [0.4, 0.5) is 4.39 Å². The molecule has 134 valence electrons. The molecule has 1 N–H and O–H groups in total. The largest absolute Gasteiger partial charge is 0.311 e. The summed E-state index contributed by atoms with van der Waals surface area (Å²) in [7, 11) is -3.70. The standard InChI is InChI=1S/C19H22FNO3S/c1-25(22,23)24-19(17-12-7-13-21-17)18(14-8-3-2-4-9-14)15-10-5-6-11-16(15)20/h2-6,8-11,17-19,21H,7,12-13H2,1H3/t17-,18-,19+/m1/s1. The Balaban J connectivity index is 2.11. The average Bonchev–Trinajstić information content (AvgIpc) is 3.10. The Bertz CT molecular complexity index is 804. The molecule has 0 radical (unpaired) electrons. The van der Waals surface area contributed by atoms with Gasteiger partial charge in [0.25, 0.3) is 10.1 Å². The van der Waals surface area contributed by atoms with Crippen LogP contribution in [0.25, 0.3) is 0 Å². The normalized spacial score (nSPS) is 20.3. The van der Waals surface area contributed by atoms with E-state index < -0.39 is 22.1 Å². The third-order valence-electron chi connectivity index (χ3n) is 4.51. The molecule has 0 bridgehead atoms. The van der Waals surface area contributed by atoms with Gasteiger partial charge in [-0.1, -0.05) is 48.5 Å². The minimum atomic E-state index is -3.70. The topological polar surface area (TPSA) is 55.4 Å². The summed E-state index contributed by atoms with van der Waals surface area (Å²) >= 11 is 0. The Labute approximate surface area is 148 Å². The van der Waals surface area contributed by atoms with Crippen molar-refractivity contribution in [3.05, 3.63) is 71.5 Å². The zero-order valence-electron chi connectivity index (χ0n) is 14.1. The van der Waals surface area contributed by atoms with Gasteiger partial charge >= 0.3 is 0 Å². The van der Waals surface area contributed by atoms with Crippen molar-refractivity contribution in [3.63, 3.8) is 0 Å². The van der Waals surface area contributed by atoms with E-state index in [1.54, 1.807) is 18.2 Å². The Hall–Kier alpha value is -1.76. The second-order valence-corrected chi connectivity index (χ2v) is 7.98. The average molecular weight is 363 g/mol. The highest BCUT2D eigenvalue weighted by Gasteiger charge is 2.37. The lowest BCUT2D eigenvalue weighted by Crippen LogP contribution is -2.42. The van der Waals surface area contributed by atoms with Crippen molar-refractivity contribution in [3.8, 4) is 0 Å². The predicted molar refractivity (Wildman–Crippen MR) is 95.4 cm³/mol. The van der Waals surface area contributed by atoms with Crippen molar-refractivity contribution < 1.29 is 17.0 Å². The van der Waals surface area contributed by atoms with Crippen molar-refractivity contribution >= 4 is 10.1 Å². The number of benzene rings is 2. The van der Waals surface area contributed by atoms with Crippen LogP contribution in [-0.2, 0) is 14.3 Å². The Morgan fingerprint density at radius 1 is 1.12 bits per heavy atom. The molecule has 1 saturated heterocycles. The SMILES string of the molecule is CS(=O)(=O)O[C@H]([C@H](c1ccccc1)c1ccccc1F)[C@H]1CCCN1. The van der Waals surface area contributed by atoms with Gasteiger partial charge in [-0.2, -0.15) is 8.42 Å². The minimum Gasteiger partial charge on any atom is -0.311 e. The Morgan fingerprint density at radius 3 is 2.40 bits per heavy atom. The van der Waals surface area contributed by atoms with Crippen molar-refractivity contribution in [2.75, 3.05) is 12.8 Å². The fourth-order valence-corrected chi connectivity index (χ4v) is 4.13. The third-order valence-corrected chi connectivity index (χ3v) is 5.08. The molecule has 25 heavy (non-hydrogen) atoms. The first-order chi connectivity index (χ1) is 12.0. The number of hydrogen-bond donors (Lipinski definition) is 1. The fourth-order valence-electron chi connectivity index (χ4n) is 3.48. The van der Waals surface area contributed by atoms with Crippen LogP contribution in [0.2, 0.25) is 0 Å². The van der Waals surface area contributed by atoms with Crippen molar-refractivity contribution in [1.29, 1.82) is 0 Å². The third kappa shape index (κ3) is 4.45. The lowest BCUT2D eigenvalue weighted by molar-refractivity contribution is 0.151. The van der Waals surface area contributed by atoms with E-state index in [1.807, 2.05) is 30.3 Å². The molecule has 1 aliphatic heterocycles. The van der Waals surface area contributed by atoms with Crippen LogP contribution in [0.3, 0.4) is 0 Å². The molecule has 0 saturated carbocycles. The summed E-state index contributed by atoms with van der Waals surface area (Å²) in [6, 6.07) is 15.7. The number of rotatable bonds is 6. The smallest absolute Gasteiger partial charge is 0.264 e. The second kappa shape index (κ2) is 7.64. The molecule has 0 aliphatic carbocycles. The van der Waals surface area contributed by atoms with Gasteiger partial charge in [-0.25, -0.2) is 4.39 Å². The van der Waals surface area contributed by atoms with Crippen LogP contribution < -0.4 is 5.32 Å². The minimum absolute atomic E-state index is 0.153. The zero-order chi connectivity index (χ0) is 17.9. The molecule has 3 atom stereocenters. The molecule has 1 aliphatic rings. The maximum absolute atomic E-state index is 14.6. The maximum Gasteiger partial charge on any atom is 0.264 e.